The third-order valence-corrected chi connectivity index (χ3v) is 10.0. The smallest absolute Gasteiger partial charge is 0.374 e. The van der Waals surface area contributed by atoms with Crippen molar-refractivity contribution in [1.82, 2.24) is 0 Å². The maximum Gasteiger partial charge on any atom is 0.374 e. The first-order valence-corrected chi connectivity index (χ1v) is 19.3. The van der Waals surface area contributed by atoms with Crippen LogP contribution in [0, 0.1) is 11.8 Å². The zero-order chi connectivity index (χ0) is 39.6. The molecule has 10 heteroatoms. The van der Waals surface area contributed by atoms with Crippen LogP contribution in [0.4, 0.5) is 5.69 Å². The first-order valence-electron chi connectivity index (χ1n) is 19.3. The zero-order valence-corrected chi connectivity index (χ0v) is 32.5. The van der Waals surface area contributed by atoms with Gasteiger partial charge in [0.05, 0.1) is 17.7 Å². The van der Waals surface area contributed by atoms with E-state index in [-0.39, 0.29) is 34.8 Å². The molecule has 0 radical (unpaired) electrons. The van der Waals surface area contributed by atoms with Crippen molar-refractivity contribution < 1.29 is 44.3 Å². The summed E-state index contributed by atoms with van der Waals surface area (Å²) in [5, 5.41) is 38.8. The Hall–Kier alpha value is -4.67. The fourth-order valence-electron chi connectivity index (χ4n) is 6.58. The van der Waals surface area contributed by atoms with Crippen LogP contribution in [0.5, 0.6) is 5.75 Å². The van der Waals surface area contributed by atoms with Gasteiger partial charge >= 0.3 is 11.9 Å². The van der Waals surface area contributed by atoms with Crippen LogP contribution < -0.4 is 4.90 Å². The minimum atomic E-state index is -1.16. The number of esters is 1. The van der Waals surface area contributed by atoms with E-state index in [1.165, 1.54) is 50.7 Å². The van der Waals surface area contributed by atoms with Crippen LogP contribution in [0.2, 0.25) is 0 Å². The quantitative estimate of drug-likeness (QED) is 0.0618. The van der Waals surface area contributed by atoms with E-state index in [1.54, 1.807) is 31.2 Å². The topological polar surface area (TPSA) is 154 Å². The molecule has 1 heterocycles. The SMILES string of the molecule is CC1=C(OCc2ccccc2)C(=O)OC1C(O)CO.CCCCC(CC)CN(CC(CC)CCCC)c1ccc(C(=O)c2ccccc2C(=O)O)c(O)c1. The van der Waals surface area contributed by atoms with E-state index in [9.17, 15) is 29.7 Å². The average molecular weight is 746 g/mol. The highest BCUT2D eigenvalue weighted by molar-refractivity contribution is 6.15. The predicted octanol–water partition coefficient (Wildman–Crippen LogP) is 8.32. The second kappa shape index (κ2) is 22.5. The molecule has 10 nitrogen and oxygen atoms in total. The number of hydrogen-bond acceptors (Lipinski definition) is 9. The number of unbranched alkanes of at least 4 members (excludes halogenated alkanes) is 2. The molecule has 0 bridgehead atoms. The lowest BCUT2D eigenvalue weighted by Crippen LogP contribution is -2.34. The van der Waals surface area contributed by atoms with Gasteiger partial charge in [-0.15, -0.1) is 0 Å². The molecule has 4 atom stereocenters. The van der Waals surface area contributed by atoms with E-state index in [2.05, 4.69) is 32.6 Å². The standard InChI is InChI=1S/C30H43NO4.C14H16O5/c1-5-9-13-22(7-3)20-31(21-23(8-4)14-10-6-2)24-17-18-27(28(32)19-24)29(33)25-15-11-12-16-26(25)30(34)35;1-9-12(11(16)7-15)19-14(17)13(9)18-8-10-5-3-2-4-6-10/h11-12,15-19,22-23,32H,5-10,13-14,20-21H2,1-4H3,(H,34,35);2-6,11-12,15-16H,7-8H2,1H3. The van der Waals surface area contributed by atoms with Crippen molar-refractivity contribution in [2.24, 2.45) is 11.8 Å². The number of aromatic carboxylic acids is 1. The molecule has 0 aliphatic carbocycles. The van der Waals surface area contributed by atoms with Gasteiger partial charge in [-0.2, -0.15) is 0 Å². The molecular formula is C44H59NO9. The number of carbonyl (C=O) groups is 3. The Kier molecular flexibility index (Phi) is 18.2. The van der Waals surface area contributed by atoms with Crippen molar-refractivity contribution in [1.29, 1.82) is 0 Å². The van der Waals surface area contributed by atoms with Gasteiger partial charge in [0.25, 0.3) is 0 Å². The number of phenols is 1. The summed E-state index contributed by atoms with van der Waals surface area (Å²) in [6, 6.07) is 20.8. The van der Waals surface area contributed by atoms with Gasteiger partial charge < -0.3 is 34.8 Å². The number of hydrogen-bond donors (Lipinski definition) is 4. The second-order valence-corrected chi connectivity index (χ2v) is 14.0. The summed E-state index contributed by atoms with van der Waals surface area (Å²) >= 11 is 0. The molecule has 4 rings (SSSR count). The van der Waals surface area contributed by atoms with E-state index < -0.39 is 36.5 Å². The highest BCUT2D eigenvalue weighted by Crippen LogP contribution is 2.31. The minimum Gasteiger partial charge on any atom is -0.507 e. The van der Waals surface area contributed by atoms with Crippen LogP contribution in [0.15, 0.2) is 84.1 Å². The third-order valence-electron chi connectivity index (χ3n) is 10.0. The van der Waals surface area contributed by atoms with Crippen LogP contribution in [0.3, 0.4) is 0 Å². The van der Waals surface area contributed by atoms with E-state index in [0.717, 1.165) is 37.2 Å². The molecule has 0 spiro atoms. The van der Waals surface area contributed by atoms with Gasteiger partial charge in [-0.1, -0.05) is 115 Å². The van der Waals surface area contributed by atoms with Gasteiger partial charge in [0.2, 0.25) is 5.76 Å². The number of aromatic hydroxyl groups is 1. The summed E-state index contributed by atoms with van der Waals surface area (Å²) in [5.41, 5.74) is 2.49. The number of aliphatic hydroxyl groups excluding tert-OH is 2. The average Bonchev–Trinajstić information content (AvgIpc) is 3.48. The van der Waals surface area contributed by atoms with Crippen molar-refractivity contribution in [3.8, 4) is 5.75 Å². The van der Waals surface area contributed by atoms with Crippen LogP contribution in [-0.4, -0.2) is 70.1 Å². The first-order chi connectivity index (χ1) is 26.0. The molecule has 3 aromatic rings. The largest absolute Gasteiger partial charge is 0.507 e. The molecule has 0 aromatic heterocycles. The van der Waals surface area contributed by atoms with Crippen molar-refractivity contribution in [2.45, 2.75) is 105 Å². The van der Waals surface area contributed by atoms with Gasteiger partial charge in [0.15, 0.2) is 11.9 Å². The Bertz CT molecular complexity index is 1650. The third kappa shape index (κ3) is 12.5. The number of cyclic esters (lactones) is 1. The summed E-state index contributed by atoms with van der Waals surface area (Å²) in [6.45, 7) is 12.2. The van der Waals surface area contributed by atoms with E-state index in [0.29, 0.717) is 17.4 Å². The molecule has 0 amide bonds. The highest BCUT2D eigenvalue weighted by Gasteiger charge is 2.37. The number of carbonyl (C=O) groups excluding carboxylic acids is 2. The number of benzene rings is 3. The number of aliphatic hydroxyl groups is 2. The van der Waals surface area contributed by atoms with E-state index in [4.69, 9.17) is 14.6 Å². The van der Waals surface area contributed by atoms with Crippen LogP contribution in [0.1, 0.15) is 118 Å². The second-order valence-electron chi connectivity index (χ2n) is 14.0. The Labute approximate surface area is 320 Å². The molecule has 1 aliphatic heterocycles. The summed E-state index contributed by atoms with van der Waals surface area (Å²) in [7, 11) is 0. The molecule has 4 N–H and O–H groups in total. The molecule has 4 unspecified atom stereocenters. The number of ketones is 1. The van der Waals surface area contributed by atoms with Crippen LogP contribution >= 0.6 is 0 Å². The van der Waals surface area contributed by atoms with Gasteiger partial charge in [0, 0.05) is 36.0 Å². The highest BCUT2D eigenvalue weighted by atomic mass is 16.6. The predicted molar refractivity (Wildman–Crippen MR) is 211 cm³/mol. The summed E-state index contributed by atoms with van der Waals surface area (Å²) in [5.74, 6) is -1.10. The number of ether oxygens (including phenoxy) is 2. The van der Waals surface area contributed by atoms with E-state index >= 15 is 0 Å². The zero-order valence-electron chi connectivity index (χ0n) is 32.5. The number of rotatable bonds is 21. The van der Waals surface area contributed by atoms with Gasteiger partial charge in [-0.25, -0.2) is 9.59 Å². The molecule has 0 fully saturated rings. The summed E-state index contributed by atoms with van der Waals surface area (Å²) < 4.78 is 10.4. The summed E-state index contributed by atoms with van der Waals surface area (Å²) in [6.07, 6.45) is 7.41. The van der Waals surface area contributed by atoms with Crippen LogP contribution in [-0.2, 0) is 20.9 Å². The molecule has 3 aromatic carbocycles. The lowest BCUT2D eigenvalue weighted by Gasteiger charge is -2.33. The molecule has 1 aliphatic rings. The molecule has 0 saturated carbocycles. The fraction of sp³-hybridized carbons (Fsp3) is 0.477. The van der Waals surface area contributed by atoms with Gasteiger partial charge in [0.1, 0.15) is 18.5 Å². The monoisotopic (exact) mass is 745 g/mol. The summed E-state index contributed by atoms with van der Waals surface area (Å²) in [4.78, 5) is 38.7. The maximum atomic E-state index is 13.1. The van der Waals surface area contributed by atoms with Crippen molar-refractivity contribution >= 4 is 23.4 Å². The molecule has 0 saturated heterocycles. The number of anilines is 1. The Morgan fingerprint density at radius 1 is 0.833 bits per heavy atom. The maximum absolute atomic E-state index is 13.1. The molecule has 294 valence electrons. The first kappa shape index (κ1) is 43.7. The molecule has 54 heavy (non-hydrogen) atoms. The van der Waals surface area contributed by atoms with Gasteiger partial charge in [-0.05, 0) is 55.4 Å². The van der Waals surface area contributed by atoms with Gasteiger partial charge in [-0.3, -0.25) is 4.79 Å². The lowest BCUT2D eigenvalue weighted by atomic mass is 9.94. The Morgan fingerprint density at radius 2 is 1.41 bits per heavy atom. The van der Waals surface area contributed by atoms with Crippen molar-refractivity contribution in [3.05, 3.63) is 106 Å². The van der Waals surface area contributed by atoms with Crippen molar-refractivity contribution in [2.75, 3.05) is 24.6 Å². The number of phenolic OH excluding ortho intramolecular Hbond substituents is 1. The van der Waals surface area contributed by atoms with Crippen LogP contribution in [0.25, 0.3) is 0 Å². The number of carboxylic acid groups (broad SMARTS) is 1. The Morgan fingerprint density at radius 3 is 1.93 bits per heavy atom. The van der Waals surface area contributed by atoms with Crippen molar-refractivity contribution in [3.63, 3.8) is 0 Å². The fourth-order valence-corrected chi connectivity index (χ4v) is 6.58. The Balaban J connectivity index is 0.000000345. The molecular weight excluding hydrogens is 686 g/mol. The number of carboxylic acids is 1. The normalized spacial score (nSPS) is 15.5. The minimum absolute atomic E-state index is 0.0639. The number of nitrogens with zero attached hydrogens (tertiary/aromatic N) is 1. The lowest BCUT2D eigenvalue weighted by molar-refractivity contribution is -0.148. The van der Waals surface area contributed by atoms with E-state index in [1.807, 2.05) is 36.4 Å².